The van der Waals surface area contributed by atoms with Gasteiger partial charge in [0.1, 0.15) is 0 Å². The van der Waals surface area contributed by atoms with Gasteiger partial charge in [0.25, 0.3) is 5.56 Å². The van der Waals surface area contributed by atoms with Crippen LogP contribution in [0.25, 0.3) is 33.8 Å². The molecule has 0 bridgehead atoms. The Kier molecular flexibility index (Phi) is 5.80. The van der Waals surface area contributed by atoms with Crippen LogP contribution in [0.15, 0.2) is 58.5 Å². The molecule has 2 heterocycles. The number of H-pyrrole nitrogens is 1. The Labute approximate surface area is 206 Å². The lowest BCUT2D eigenvalue weighted by atomic mass is 9.84. The predicted octanol–water partition coefficient (Wildman–Crippen LogP) is 5.57. The van der Waals surface area contributed by atoms with Crippen molar-refractivity contribution in [1.82, 2.24) is 15.0 Å². The molecule has 2 aromatic carbocycles. The van der Waals surface area contributed by atoms with Gasteiger partial charge < -0.3 is 0 Å². The summed E-state index contributed by atoms with van der Waals surface area (Å²) in [6.45, 7) is 0. The first-order valence-corrected chi connectivity index (χ1v) is 13.2. The number of halogens is 2. The van der Waals surface area contributed by atoms with E-state index in [9.17, 15) is 13.2 Å². The third-order valence-electron chi connectivity index (χ3n) is 5.81. The molecule has 0 aliphatic heterocycles. The Hall–Kier alpha value is -3.00. The summed E-state index contributed by atoms with van der Waals surface area (Å²) < 4.78 is 24.3. The number of hydrogen-bond donors (Lipinski definition) is 1. The molecular formula is C25H19Cl2N3O3S. The molecule has 34 heavy (non-hydrogen) atoms. The van der Waals surface area contributed by atoms with Gasteiger partial charge in [-0.05, 0) is 71.9 Å². The summed E-state index contributed by atoms with van der Waals surface area (Å²) in [7, 11) is -3.74. The van der Waals surface area contributed by atoms with Crippen molar-refractivity contribution in [2.45, 2.75) is 24.4 Å². The Morgan fingerprint density at radius 1 is 0.941 bits per heavy atom. The maximum Gasteiger partial charge on any atom is 0.261 e. The minimum Gasteiger partial charge on any atom is -0.297 e. The number of fused-ring (bicyclic) bond motifs is 2. The molecule has 0 unspecified atom stereocenters. The lowest BCUT2D eigenvalue weighted by Gasteiger charge is -2.23. The zero-order valence-electron chi connectivity index (χ0n) is 18.1. The van der Waals surface area contributed by atoms with Crippen molar-refractivity contribution in [2.24, 2.45) is 0 Å². The van der Waals surface area contributed by atoms with E-state index in [1.807, 2.05) is 42.5 Å². The Morgan fingerprint density at radius 2 is 1.59 bits per heavy atom. The molecule has 9 heteroatoms. The Balaban J connectivity index is 1.85. The van der Waals surface area contributed by atoms with Crippen molar-refractivity contribution < 1.29 is 8.42 Å². The van der Waals surface area contributed by atoms with E-state index in [1.54, 1.807) is 12.1 Å². The second kappa shape index (κ2) is 8.65. The molecule has 0 spiro atoms. The fraction of sp³-hybridized carbons (Fsp3) is 0.160. The number of nitrogens with one attached hydrogen (secondary N) is 1. The summed E-state index contributed by atoms with van der Waals surface area (Å²) in [5.41, 5.74) is 4.65. The Morgan fingerprint density at radius 3 is 2.24 bits per heavy atom. The number of aromatic amines is 1. The van der Waals surface area contributed by atoms with Gasteiger partial charge in [0.15, 0.2) is 5.65 Å². The molecule has 0 atom stereocenters. The van der Waals surface area contributed by atoms with Gasteiger partial charge in [-0.25, -0.2) is 13.4 Å². The topological polar surface area (TPSA) is 92.8 Å². The zero-order valence-corrected chi connectivity index (χ0v) is 20.4. The first-order chi connectivity index (χ1) is 16.2. The standard InChI is InChI=1S/C25H19Cl2N3O3S/c1-34(32,33)25-29-23-21(24(31)30-25)20(15-7-11-18(27)12-8-15)19-4-2-3-16(22(19)28-23)13-14-5-9-17(26)10-6-14/h5-13H,2-4H2,1H3,(H,28,29,30,31)/b16-13+. The molecule has 0 amide bonds. The molecule has 0 saturated carbocycles. The monoisotopic (exact) mass is 511 g/mol. The summed E-state index contributed by atoms with van der Waals surface area (Å²) in [4.78, 5) is 24.6. The van der Waals surface area contributed by atoms with Gasteiger partial charge in [-0.15, -0.1) is 0 Å². The van der Waals surface area contributed by atoms with Crippen LogP contribution in [0, 0.1) is 0 Å². The number of benzene rings is 2. The van der Waals surface area contributed by atoms with E-state index < -0.39 is 20.6 Å². The van der Waals surface area contributed by atoms with Crippen molar-refractivity contribution in [3.8, 4) is 11.1 Å². The van der Waals surface area contributed by atoms with Crippen LogP contribution in [0.5, 0.6) is 0 Å². The third kappa shape index (κ3) is 4.27. The lowest BCUT2D eigenvalue weighted by Crippen LogP contribution is -2.19. The van der Waals surface area contributed by atoms with E-state index in [0.29, 0.717) is 15.6 Å². The Bertz CT molecular complexity index is 1630. The van der Waals surface area contributed by atoms with Gasteiger partial charge >= 0.3 is 0 Å². The number of pyridine rings is 1. The predicted molar refractivity (Wildman–Crippen MR) is 136 cm³/mol. The summed E-state index contributed by atoms with van der Waals surface area (Å²) >= 11 is 12.1. The molecule has 1 N–H and O–H groups in total. The van der Waals surface area contributed by atoms with Crippen molar-refractivity contribution in [2.75, 3.05) is 6.26 Å². The van der Waals surface area contributed by atoms with Crippen molar-refractivity contribution in [1.29, 1.82) is 0 Å². The van der Waals surface area contributed by atoms with E-state index >= 15 is 0 Å². The van der Waals surface area contributed by atoms with Gasteiger partial charge in [-0.2, -0.15) is 4.98 Å². The van der Waals surface area contributed by atoms with E-state index in [4.69, 9.17) is 28.2 Å². The van der Waals surface area contributed by atoms with Gasteiger partial charge in [0, 0.05) is 21.9 Å². The maximum atomic E-state index is 13.1. The molecule has 5 rings (SSSR count). The highest BCUT2D eigenvalue weighted by atomic mass is 35.5. The number of allylic oxidation sites excluding steroid dienone is 1. The highest BCUT2D eigenvalue weighted by Crippen LogP contribution is 2.40. The lowest BCUT2D eigenvalue weighted by molar-refractivity contribution is 0.593. The van der Waals surface area contributed by atoms with Gasteiger partial charge in [-0.3, -0.25) is 9.78 Å². The average molecular weight is 512 g/mol. The largest absolute Gasteiger partial charge is 0.297 e. The summed E-state index contributed by atoms with van der Waals surface area (Å²) in [5.74, 6) is 0. The van der Waals surface area contributed by atoms with Crippen LogP contribution in [0.4, 0.5) is 0 Å². The number of nitrogens with zero attached hydrogens (tertiary/aromatic N) is 2. The van der Waals surface area contributed by atoms with Crippen LogP contribution in [-0.4, -0.2) is 29.6 Å². The SMILES string of the molecule is CS(=O)(=O)c1nc2nc3c(c(-c4ccc(Cl)cc4)c2c(=O)[nH]1)CCC/C3=C\c1ccc(Cl)cc1. The van der Waals surface area contributed by atoms with Crippen molar-refractivity contribution in [3.05, 3.63) is 85.8 Å². The smallest absolute Gasteiger partial charge is 0.261 e. The van der Waals surface area contributed by atoms with E-state index in [2.05, 4.69) is 9.97 Å². The van der Waals surface area contributed by atoms with Gasteiger partial charge in [0.05, 0.1) is 11.1 Å². The minimum atomic E-state index is -3.74. The van der Waals surface area contributed by atoms with Crippen LogP contribution in [0.1, 0.15) is 29.7 Å². The molecule has 1 aliphatic carbocycles. The van der Waals surface area contributed by atoms with Gasteiger partial charge in [0.2, 0.25) is 15.0 Å². The number of sulfone groups is 1. The van der Waals surface area contributed by atoms with Crippen LogP contribution in [0.3, 0.4) is 0 Å². The summed E-state index contributed by atoms with van der Waals surface area (Å²) in [5, 5.41) is 1.09. The molecule has 0 radical (unpaired) electrons. The maximum absolute atomic E-state index is 13.1. The molecule has 4 aromatic rings. The minimum absolute atomic E-state index is 0.0942. The quantitative estimate of drug-likeness (QED) is 0.362. The highest BCUT2D eigenvalue weighted by molar-refractivity contribution is 7.90. The first-order valence-electron chi connectivity index (χ1n) is 10.6. The summed E-state index contributed by atoms with van der Waals surface area (Å²) in [6, 6.07) is 14.7. The third-order valence-corrected chi connectivity index (χ3v) is 7.21. The molecule has 172 valence electrons. The first kappa shape index (κ1) is 22.8. The average Bonchev–Trinajstić information content (AvgIpc) is 2.79. The van der Waals surface area contributed by atoms with Crippen LogP contribution in [-0.2, 0) is 16.3 Å². The molecule has 0 saturated heterocycles. The number of hydrogen-bond acceptors (Lipinski definition) is 5. The van der Waals surface area contributed by atoms with E-state index in [0.717, 1.165) is 53.5 Å². The van der Waals surface area contributed by atoms with E-state index in [-0.39, 0.29) is 11.0 Å². The zero-order chi connectivity index (χ0) is 24.0. The van der Waals surface area contributed by atoms with Crippen LogP contribution >= 0.6 is 23.2 Å². The second-order valence-electron chi connectivity index (χ2n) is 8.24. The molecule has 1 aliphatic rings. The van der Waals surface area contributed by atoms with Crippen molar-refractivity contribution in [3.63, 3.8) is 0 Å². The summed E-state index contributed by atoms with van der Waals surface area (Å²) in [6.07, 6.45) is 5.44. The van der Waals surface area contributed by atoms with E-state index in [1.165, 1.54) is 0 Å². The number of aromatic nitrogens is 3. The van der Waals surface area contributed by atoms with Crippen LogP contribution in [0.2, 0.25) is 10.0 Å². The molecule has 6 nitrogen and oxygen atoms in total. The fourth-order valence-corrected chi connectivity index (χ4v) is 5.07. The molecule has 2 aromatic heterocycles. The molecular weight excluding hydrogens is 493 g/mol. The second-order valence-corrected chi connectivity index (χ2v) is 11.0. The number of rotatable bonds is 3. The van der Waals surface area contributed by atoms with Gasteiger partial charge in [-0.1, -0.05) is 47.5 Å². The highest BCUT2D eigenvalue weighted by Gasteiger charge is 2.26. The molecule has 0 fully saturated rings. The van der Waals surface area contributed by atoms with Crippen molar-refractivity contribution >= 4 is 55.7 Å². The van der Waals surface area contributed by atoms with Crippen LogP contribution < -0.4 is 5.56 Å². The normalized spacial score (nSPS) is 15.0. The fourth-order valence-electron chi connectivity index (χ4n) is 4.28.